The van der Waals surface area contributed by atoms with Crippen LogP contribution in [0.2, 0.25) is 0 Å². The summed E-state index contributed by atoms with van der Waals surface area (Å²) in [5.74, 6) is -1.70. The lowest BCUT2D eigenvalue weighted by atomic mass is 10.2. The minimum Gasteiger partial charge on any atom is -0.399 e. The van der Waals surface area contributed by atoms with Crippen molar-refractivity contribution in [1.29, 1.82) is 0 Å². The Morgan fingerprint density at radius 3 is 2.68 bits per heavy atom. The molecule has 0 saturated heterocycles. The third kappa shape index (κ3) is 2.14. The molecule has 0 bridgehead atoms. The van der Waals surface area contributed by atoms with Crippen molar-refractivity contribution < 1.29 is 8.78 Å². The molecule has 1 heterocycles. The Labute approximate surface area is 108 Å². The number of nitrogens with two attached hydrogens (primary N) is 1. The van der Waals surface area contributed by atoms with Crippen molar-refractivity contribution in [3.63, 3.8) is 0 Å². The van der Waals surface area contributed by atoms with E-state index >= 15 is 0 Å². The molecule has 19 heavy (non-hydrogen) atoms. The van der Waals surface area contributed by atoms with Gasteiger partial charge in [0.15, 0.2) is 11.6 Å². The van der Waals surface area contributed by atoms with Crippen LogP contribution in [0.1, 0.15) is 5.56 Å². The smallest absolute Gasteiger partial charge is 0.159 e. The number of hydrogen-bond donors (Lipinski definition) is 1. The Kier molecular flexibility index (Phi) is 2.67. The van der Waals surface area contributed by atoms with Crippen LogP contribution in [0.4, 0.5) is 14.5 Å². The SMILES string of the molecule is Nc1ccc2cnn(Cc3ccc(F)c(F)c3)c2c1. The summed E-state index contributed by atoms with van der Waals surface area (Å²) >= 11 is 0. The van der Waals surface area contributed by atoms with Gasteiger partial charge in [-0.25, -0.2) is 8.78 Å². The third-order valence-corrected chi connectivity index (χ3v) is 2.99. The molecule has 0 aliphatic rings. The Hall–Kier alpha value is -2.43. The number of benzene rings is 2. The zero-order valence-corrected chi connectivity index (χ0v) is 9.98. The Balaban J connectivity index is 2.00. The van der Waals surface area contributed by atoms with Crippen LogP contribution >= 0.6 is 0 Å². The maximum atomic E-state index is 13.2. The van der Waals surface area contributed by atoms with E-state index in [-0.39, 0.29) is 0 Å². The lowest BCUT2D eigenvalue weighted by Gasteiger charge is -2.05. The molecule has 3 rings (SSSR count). The van der Waals surface area contributed by atoms with Crippen LogP contribution in [0.5, 0.6) is 0 Å². The third-order valence-electron chi connectivity index (χ3n) is 2.99. The predicted octanol–water partition coefficient (Wildman–Crippen LogP) is 2.95. The topological polar surface area (TPSA) is 43.8 Å². The van der Waals surface area contributed by atoms with Crippen LogP contribution < -0.4 is 5.73 Å². The highest BCUT2D eigenvalue weighted by Crippen LogP contribution is 2.18. The molecule has 1 aromatic heterocycles. The molecule has 0 fully saturated rings. The summed E-state index contributed by atoms with van der Waals surface area (Å²) in [5, 5.41) is 5.18. The van der Waals surface area contributed by atoms with Crippen molar-refractivity contribution >= 4 is 16.6 Å². The fourth-order valence-electron chi connectivity index (χ4n) is 2.02. The second-order valence-corrected chi connectivity index (χ2v) is 4.37. The minimum absolute atomic E-state index is 0.365. The van der Waals surface area contributed by atoms with Gasteiger partial charge in [-0.2, -0.15) is 5.10 Å². The number of fused-ring (bicyclic) bond motifs is 1. The molecule has 0 aliphatic heterocycles. The van der Waals surface area contributed by atoms with E-state index in [1.54, 1.807) is 16.9 Å². The van der Waals surface area contributed by atoms with Crippen LogP contribution in [0.3, 0.4) is 0 Å². The van der Waals surface area contributed by atoms with Crippen LogP contribution in [0.15, 0.2) is 42.6 Å². The van der Waals surface area contributed by atoms with Crippen molar-refractivity contribution in [2.45, 2.75) is 6.54 Å². The van der Waals surface area contributed by atoms with E-state index in [0.717, 1.165) is 17.0 Å². The standard InChI is InChI=1S/C14H11F2N3/c15-12-4-1-9(5-13(12)16)8-19-14-6-11(17)3-2-10(14)7-18-19/h1-7H,8,17H2. The summed E-state index contributed by atoms with van der Waals surface area (Å²) in [6.07, 6.45) is 1.72. The van der Waals surface area contributed by atoms with Crippen molar-refractivity contribution in [3.05, 3.63) is 59.8 Å². The average molecular weight is 259 g/mol. The van der Waals surface area contributed by atoms with Crippen molar-refractivity contribution in [3.8, 4) is 0 Å². The molecule has 0 aliphatic carbocycles. The van der Waals surface area contributed by atoms with Crippen molar-refractivity contribution in [1.82, 2.24) is 9.78 Å². The van der Waals surface area contributed by atoms with Gasteiger partial charge >= 0.3 is 0 Å². The fourth-order valence-corrected chi connectivity index (χ4v) is 2.02. The van der Waals surface area contributed by atoms with Gasteiger partial charge in [-0.15, -0.1) is 0 Å². The van der Waals surface area contributed by atoms with Gasteiger partial charge in [-0.1, -0.05) is 6.07 Å². The summed E-state index contributed by atoms with van der Waals surface area (Å²) in [5.41, 5.74) is 7.89. The Morgan fingerprint density at radius 1 is 1.05 bits per heavy atom. The normalized spacial score (nSPS) is 11.1. The zero-order chi connectivity index (χ0) is 13.4. The van der Waals surface area contributed by atoms with E-state index in [1.165, 1.54) is 12.1 Å². The van der Waals surface area contributed by atoms with Gasteiger partial charge in [0, 0.05) is 11.1 Å². The van der Waals surface area contributed by atoms with E-state index in [4.69, 9.17) is 5.73 Å². The van der Waals surface area contributed by atoms with Gasteiger partial charge in [-0.05, 0) is 35.9 Å². The first kappa shape index (κ1) is 11.6. The number of nitrogen functional groups attached to an aromatic ring is 1. The number of halogens is 2. The molecule has 0 atom stereocenters. The number of hydrogen-bond acceptors (Lipinski definition) is 2. The summed E-state index contributed by atoms with van der Waals surface area (Å²) in [6.45, 7) is 0.365. The first-order valence-corrected chi connectivity index (χ1v) is 5.78. The summed E-state index contributed by atoms with van der Waals surface area (Å²) in [6, 6.07) is 9.31. The second kappa shape index (κ2) is 4.35. The molecule has 2 N–H and O–H groups in total. The maximum Gasteiger partial charge on any atom is 0.159 e. The maximum absolute atomic E-state index is 13.2. The van der Waals surface area contributed by atoms with Gasteiger partial charge in [0.1, 0.15) is 0 Å². The molecule has 5 heteroatoms. The second-order valence-electron chi connectivity index (χ2n) is 4.37. The number of aromatic nitrogens is 2. The molecular weight excluding hydrogens is 248 g/mol. The molecule has 0 unspecified atom stereocenters. The Bertz CT molecular complexity index is 750. The molecular formula is C14H11F2N3. The van der Waals surface area contributed by atoms with Crippen molar-refractivity contribution in [2.75, 3.05) is 5.73 Å². The van der Waals surface area contributed by atoms with Crippen LogP contribution in [-0.4, -0.2) is 9.78 Å². The summed E-state index contributed by atoms with van der Waals surface area (Å²) in [7, 11) is 0. The zero-order valence-electron chi connectivity index (χ0n) is 9.98. The van der Waals surface area contributed by atoms with E-state index in [2.05, 4.69) is 5.10 Å². The fraction of sp³-hybridized carbons (Fsp3) is 0.0714. The lowest BCUT2D eigenvalue weighted by Crippen LogP contribution is -2.02. The van der Waals surface area contributed by atoms with Gasteiger partial charge in [0.2, 0.25) is 0 Å². The van der Waals surface area contributed by atoms with Gasteiger partial charge < -0.3 is 5.73 Å². The summed E-state index contributed by atoms with van der Waals surface area (Å²) < 4.78 is 27.7. The van der Waals surface area contributed by atoms with E-state index in [0.29, 0.717) is 17.8 Å². The quantitative estimate of drug-likeness (QED) is 0.719. The van der Waals surface area contributed by atoms with E-state index in [1.807, 2.05) is 12.1 Å². The molecule has 2 aromatic carbocycles. The molecule has 0 radical (unpaired) electrons. The number of nitrogens with zero attached hydrogens (tertiary/aromatic N) is 2. The van der Waals surface area contributed by atoms with Crippen LogP contribution in [0.25, 0.3) is 10.9 Å². The van der Waals surface area contributed by atoms with Gasteiger partial charge in [0.25, 0.3) is 0 Å². The molecule has 0 spiro atoms. The van der Waals surface area contributed by atoms with Gasteiger partial charge in [0.05, 0.1) is 18.3 Å². The molecule has 96 valence electrons. The number of rotatable bonds is 2. The highest BCUT2D eigenvalue weighted by Gasteiger charge is 2.06. The molecule has 0 saturated carbocycles. The van der Waals surface area contributed by atoms with Gasteiger partial charge in [-0.3, -0.25) is 4.68 Å². The average Bonchev–Trinajstić information content (AvgIpc) is 2.77. The van der Waals surface area contributed by atoms with E-state index in [9.17, 15) is 8.78 Å². The summed E-state index contributed by atoms with van der Waals surface area (Å²) in [4.78, 5) is 0. The monoisotopic (exact) mass is 259 g/mol. The number of anilines is 1. The molecule has 0 amide bonds. The minimum atomic E-state index is -0.853. The van der Waals surface area contributed by atoms with Crippen LogP contribution in [-0.2, 0) is 6.54 Å². The molecule has 3 aromatic rings. The highest BCUT2D eigenvalue weighted by molar-refractivity contribution is 5.81. The molecule has 3 nitrogen and oxygen atoms in total. The van der Waals surface area contributed by atoms with E-state index < -0.39 is 11.6 Å². The Morgan fingerprint density at radius 2 is 1.89 bits per heavy atom. The lowest BCUT2D eigenvalue weighted by molar-refractivity contribution is 0.506. The largest absolute Gasteiger partial charge is 0.399 e. The van der Waals surface area contributed by atoms with Crippen LogP contribution in [0, 0.1) is 11.6 Å². The first-order valence-electron chi connectivity index (χ1n) is 5.78. The highest BCUT2D eigenvalue weighted by atomic mass is 19.2. The van der Waals surface area contributed by atoms with Crippen molar-refractivity contribution in [2.24, 2.45) is 0 Å². The predicted molar refractivity (Wildman–Crippen MR) is 69.6 cm³/mol. The first-order chi connectivity index (χ1) is 9.13.